The lowest BCUT2D eigenvalue weighted by Crippen LogP contribution is -2.05. The normalized spacial score (nSPS) is 11.7. The summed E-state index contributed by atoms with van der Waals surface area (Å²) in [7, 11) is 0. The van der Waals surface area contributed by atoms with Crippen LogP contribution in [-0.4, -0.2) is 0 Å². The van der Waals surface area contributed by atoms with Gasteiger partial charge in [0.1, 0.15) is 11.5 Å². The molecule has 2 aromatic carbocycles. The predicted molar refractivity (Wildman–Crippen MR) is 78.0 cm³/mol. The van der Waals surface area contributed by atoms with E-state index in [-0.39, 0.29) is 6.04 Å². The van der Waals surface area contributed by atoms with Gasteiger partial charge in [0.25, 0.3) is 0 Å². The third-order valence-electron chi connectivity index (χ3n) is 2.68. The molecule has 0 fully saturated rings. The number of rotatable bonds is 3. The fourth-order valence-electron chi connectivity index (χ4n) is 1.67. The molecule has 0 spiro atoms. The Hall–Kier alpha value is -1.83. The lowest BCUT2D eigenvalue weighted by atomic mass is 10.1. The average molecular weight is 317 g/mol. The minimum atomic E-state index is -0.0293. The first-order valence-electron chi connectivity index (χ1n) is 5.83. The van der Waals surface area contributed by atoms with Crippen LogP contribution in [0, 0.1) is 11.3 Å². The summed E-state index contributed by atoms with van der Waals surface area (Å²) < 4.78 is 6.64. The quantitative estimate of drug-likeness (QED) is 0.926. The molecule has 96 valence electrons. The monoisotopic (exact) mass is 316 g/mol. The third kappa shape index (κ3) is 3.34. The van der Waals surface area contributed by atoms with Crippen molar-refractivity contribution in [3.63, 3.8) is 0 Å². The molecule has 0 aliphatic carbocycles. The molecule has 0 unspecified atom stereocenters. The first-order chi connectivity index (χ1) is 9.10. The maximum absolute atomic E-state index is 8.73. The van der Waals surface area contributed by atoms with Crippen molar-refractivity contribution in [3.8, 4) is 17.6 Å². The Labute approximate surface area is 120 Å². The molecule has 2 N–H and O–H groups in total. The summed E-state index contributed by atoms with van der Waals surface area (Å²) in [6.45, 7) is 1.93. The SMILES string of the molecule is C[C@H](N)c1ccc(Oc2ccc(C#N)cc2)cc1Br. The molecule has 2 aromatic rings. The minimum absolute atomic E-state index is 0.0293. The zero-order valence-corrected chi connectivity index (χ0v) is 12.0. The van der Waals surface area contributed by atoms with Gasteiger partial charge in [0, 0.05) is 10.5 Å². The van der Waals surface area contributed by atoms with E-state index in [2.05, 4.69) is 22.0 Å². The second-order valence-electron chi connectivity index (χ2n) is 4.21. The average Bonchev–Trinajstić information content (AvgIpc) is 2.39. The van der Waals surface area contributed by atoms with E-state index in [0.29, 0.717) is 11.3 Å². The van der Waals surface area contributed by atoms with Gasteiger partial charge < -0.3 is 10.5 Å². The van der Waals surface area contributed by atoms with Crippen molar-refractivity contribution in [1.82, 2.24) is 0 Å². The van der Waals surface area contributed by atoms with Crippen molar-refractivity contribution in [3.05, 3.63) is 58.1 Å². The zero-order valence-electron chi connectivity index (χ0n) is 10.4. The Kier molecular flexibility index (Phi) is 4.20. The highest BCUT2D eigenvalue weighted by Crippen LogP contribution is 2.29. The number of hydrogen-bond acceptors (Lipinski definition) is 3. The van der Waals surface area contributed by atoms with Crippen LogP contribution in [0.4, 0.5) is 0 Å². The number of benzene rings is 2. The maximum Gasteiger partial charge on any atom is 0.128 e. The molecule has 19 heavy (non-hydrogen) atoms. The number of nitrogens with two attached hydrogens (primary N) is 1. The van der Waals surface area contributed by atoms with Gasteiger partial charge in [0.2, 0.25) is 0 Å². The molecule has 2 rings (SSSR count). The summed E-state index contributed by atoms with van der Waals surface area (Å²) in [4.78, 5) is 0. The molecule has 0 amide bonds. The Balaban J connectivity index is 2.19. The molecule has 3 nitrogen and oxygen atoms in total. The Bertz CT molecular complexity index is 615. The molecule has 0 saturated carbocycles. The topological polar surface area (TPSA) is 59.0 Å². The van der Waals surface area contributed by atoms with Crippen LogP contribution in [-0.2, 0) is 0 Å². The van der Waals surface area contributed by atoms with Crippen LogP contribution in [0.2, 0.25) is 0 Å². The Morgan fingerprint density at radius 1 is 1.16 bits per heavy atom. The van der Waals surface area contributed by atoms with Crippen molar-refractivity contribution in [2.75, 3.05) is 0 Å². The summed E-state index contributed by atoms with van der Waals surface area (Å²) in [5.41, 5.74) is 7.49. The van der Waals surface area contributed by atoms with Gasteiger partial charge in [0.05, 0.1) is 11.6 Å². The van der Waals surface area contributed by atoms with Crippen molar-refractivity contribution >= 4 is 15.9 Å². The molecule has 0 saturated heterocycles. The van der Waals surface area contributed by atoms with Gasteiger partial charge in [-0.2, -0.15) is 5.26 Å². The molecular weight excluding hydrogens is 304 g/mol. The van der Waals surface area contributed by atoms with E-state index in [0.717, 1.165) is 15.8 Å². The summed E-state index contributed by atoms with van der Waals surface area (Å²) in [6.07, 6.45) is 0. The highest BCUT2D eigenvalue weighted by molar-refractivity contribution is 9.10. The van der Waals surface area contributed by atoms with E-state index < -0.39 is 0 Å². The number of hydrogen-bond donors (Lipinski definition) is 1. The zero-order chi connectivity index (χ0) is 13.8. The first-order valence-corrected chi connectivity index (χ1v) is 6.62. The Morgan fingerprint density at radius 3 is 2.32 bits per heavy atom. The highest BCUT2D eigenvalue weighted by Gasteiger charge is 2.06. The molecule has 0 radical (unpaired) electrons. The van der Waals surface area contributed by atoms with E-state index in [1.807, 2.05) is 25.1 Å². The van der Waals surface area contributed by atoms with Crippen LogP contribution >= 0.6 is 15.9 Å². The van der Waals surface area contributed by atoms with Gasteiger partial charge in [-0.1, -0.05) is 22.0 Å². The second-order valence-corrected chi connectivity index (χ2v) is 5.06. The predicted octanol–water partition coefficient (Wildman–Crippen LogP) is 4.13. The van der Waals surface area contributed by atoms with E-state index in [1.54, 1.807) is 24.3 Å². The second kappa shape index (κ2) is 5.87. The van der Waals surface area contributed by atoms with Crippen LogP contribution in [0.5, 0.6) is 11.5 Å². The number of halogens is 1. The number of nitriles is 1. The van der Waals surface area contributed by atoms with Gasteiger partial charge in [0.15, 0.2) is 0 Å². The molecule has 1 atom stereocenters. The van der Waals surface area contributed by atoms with Gasteiger partial charge in [-0.15, -0.1) is 0 Å². The van der Waals surface area contributed by atoms with Crippen LogP contribution in [0.3, 0.4) is 0 Å². The Morgan fingerprint density at radius 2 is 1.79 bits per heavy atom. The molecule has 0 aliphatic heterocycles. The minimum Gasteiger partial charge on any atom is -0.457 e. The van der Waals surface area contributed by atoms with E-state index in [4.69, 9.17) is 15.7 Å². The molecule has 0 heterocycles. The first kappa shape index (κ1) is 13.6. The van der Waals surface area contributed by atoms with E-state index in [1.165, 1.54) is 0 Å². The summed E-state index contributed by atoms with van der Waals surface area (Å²) in [6, 6.07) is 14.7. The fraction of sp³-hybridized carbons (Fsp3) is 0.133. The van der Waals surface area contributed by atoms with E-state index in [9.17, 15) is 0 Å². The van der Waals surface area contributed by atoms with Crippen molar-refractivity contribution in [2.24, 2.45) is 5.73 Å². The largest absolute Gasteiger partial charge is 0.457 e. The van der Waals surface area contributed by atoms with Crippen LogP contribution in [0.15, 0.2) is 46.9 Å². The molecule has 4 heteroatoms. The number of ether oxygens (including phenoxy) is 1. The van der Waals surface area contributed by atoms with Crippen molar-refractivity contribution in [1.29, 1.82) is 5.26 Å². The molecule has 0 aromatic heterocycles. The molecule has 0 bridgehead atoms. The lowest BCUT2D eigenvalue weighted by Gasteiger charge is -2.11. The molecular formula is C15H13BrN2O. The summed E-state index contributed by atoms with van der Waals surface area (Å²) >= 11 is 3.48. The fourth-order valence-corrected chi connectivity index (χ4v) is 2.39. The summed E-state index contributed by atoms with van der Waals surface area (Å²) in [5.74, 6) is 1.42. The smallest absolute Gasteiger partial charge is 0.128 e. The van der Waals surface area contributed by atoms with Crippen LogP contribution < -0.4 is 10.5 Å². The van der Waals surface area contributed by atoms with Gasteiger partial charge in [-0.25, -0.2) is 0 Å². The van der Waals surface area contributed by atoms with Crippen molar-refractivity contribution < 1.29 is 4.74 Å². The van der Waals surface area contributed by atoms with Crippen LogP contribution in [0.25, 0.3) is 0 Å². The standard InChI is InChI=1S/C15H13BrN2O/c1-10(18)14-7-6-13(8-15(14)16)19-12-4-2-11(9-17)3-5-12/h2-8,10H,18H2,1H3/t10-/m0/s1. The van der Waals surface area contributed by atoms with Crippen LogP contribution in [0.1, 0.15) is 24.1 Å². The van der Waals surface area contributed by atoms with Gasteiger partial charge >= 0.3 is 0 Å². The van der Waals surface area contributed by atoms with Crippen molar-refractivity contribution in [2.45, 2.75) is 13.0 Å². The lowest BCUT2D eigenvalue weighted by molar-refractivity contribution is 0.482. The highest BCUT2D eigenvalue weighted by atomic mass is 79.9. The van der Waals surface area contributed by atoms with Gasteiger partial charge in [-0.05, 0) is 48.9 Å². The van der Waals surface area contributed by atoms with Gasteiger partial charge in [-0.3, -0.25) is 0 Å². The molecule has 0 aliphatic rings. The maximum atomic E-state index is 8.73. The summed E-state index contributed by atoms with van der Waals surface area (Å²) in [5, 5.41) is 8.73. The van der Waals surface area contributed by atoms with E-state index >= 15 is 0 Å². The third-order valence-corrected chi connectivity index (χ3v) is 3.37. The number of nitrogens with zero attached hydrogens (tertiary/aromatic N) is 1.